The molecule has 1 aromatic rings. The van der Waals surface area contributed by atoms with Crippen molar-refractivity contribution in [1.29, 1.82) is 0 Å². The van der Waals surface area contributed by atoms with E-state index in [0.29, 0.717) is 12.3 Å². The molecular weight excluding hydrogens is 260 g/mol. The van der Waals surface area contributed by atoms with E-state index < -0.39 is 5.97 Å². The number of benzene rings is 1. The van der Waals surface area contributed by atoms with Crippen molar-refractivity contribution in [2.45, 2.75) is 19.8 Å². The monoisotopic (exact) mass is 280 g/mol. The molecule has 0 aliphatic heterocycles. The molecule has 0 fully saturated rings. The Morgan fingerprint density at radius 2 is 1.95 bits per heavy atom. The summed E-state index contributed by atoms with van der Waals surface area (Å²) in [6.07, 6.45) is 0.862. The summed E-state index contributed by atoms with van der Waals surface area (Å²) in [4.78, 5) is 23.5. The van der Waals surface area contributed by atoms with Crippen LogP contribution in [0.15, 0.2) is 24.3 Å². The first-order chi connectivity index (χ1) is 9.52. The Balaban J connectivity index is 2.46. The predicted molar refractivity (Wildman–Crippen MR) is 76.1 cm³/mol. The lowest BCUT2D eigenvalue weighted by Crippen LogP contribution is -2.33. The number of hydrogen-bond acceptors (Lipinski definition) is 3. The molecule has 0 atom stereocenters. The van der Waals surface area contributed by atoms with E-state index in [1.54, 1.807) is 31.3 Å². The molecule has 0 aliphatic carbocycles. The lowest BCUT2D eigenvalue weighted by Gasteiger charge is -2.17. The minimum atomic E-state index is -0.929. The molecule has 6 heteroatoms. The number of carboxylic acids is 1. The first kappa shape index (κ1) is 15.8. The third-order valence-corrected chi connectivity index (χ3v) is 2.59. The fraction of sp³-hybridized carbons (Fsp3) is 0.429. The van der Waals surface area contributed by atoms with Crippen LogP contribution < -0.4 is 10.1 Å². The zero-order valence-electron chi connectivity index (χ0n) is 11.8. The number of carboxylic acid groups (broad SMARTS) is 1. The Labute approximate surface area is 118 Å². The highest BCUT2D eigenvalue weighted by atomic mass is 16.5. The third-order valence-electron chi connectivity index (χ3n) is 2.59. The zero-order chi connectivity index (χ0) is 15.0. The number of nitrogens with zero attached hydrogens (tertiary/aromatic N) is 1. The summed E-state index contributed by atoms with van der Waals surface area (Å²) in [7, 11) is 1.55. The lowest BCUT2D eigenvalue weighted by molar-refractivity contribution is -0.137. The Bertz CT molecular complexity index is 445. The summed E-state index contributed by atoms with van der Waals surface area (Å²) in [5.41, 5.74) is 0.640. The van der Waals surface area contributed by atoms with Gasteiger partial charge in [-0.05, 0) is 30.7 Å². The summed E-state index contributed by atoms with van der Waals surface area (Å²) in [5, 5.41) is 11.3. The topological polar surface area (TPSA) is 78.9 Å². The molecule has 0 unspecified atom stereocenters. The standard InChI is InChI=1S/C14H20N2O4/c1-3-10-20-12-6-4-11(5-7-12)15-14(19)16(2)9-8-13(17)18/h4-7H,3,8-10H2,1-2H3,(H,15,19)(H,17,18). The highest BCUT2D eigenvalue weighted by Gasteiger charge is 2.10. The van der Waals surface area contributed by atoms with Crippen molar-refractivity contribution in [3.63, 3.8) is 0 Å². The third kappa shape index (κ3) is 5.60. The Hall–Kier alpha value is -2.24. The highest BCUT2D eigenvalue weighted by molar-refractivity contribution is 5.89. The zero-order valence-corrected chi connectivity index (χ0v) is 11.8. The molecule has 0 aliphatic rings. The van der Waals surface area contributed by atoms with Gasteiger partial charge >= 0.3 is 12.0 Å². The second-order valence-corrected chi connectivity index (χ2v) is 4.37. The number of urea groups is 1. The van der Waals surface area contributed by atoms with Crippen LogP contribution in [-0.2, 0) is 4.79 Å². The van der Waals surface area contributed by atoms with Crippen LogP contribution in [0.2, 0.25) is 0 Å². The molecule has 0 aromatic heterocycles. The first-order valence-corrected chi connectivity index (χ1v) is 6.49. The minimum absolute atomic E-state index is 0.0757. The maximum Gasteiger partial charge on any atom is 0.321 e. The number of nitrogens with one attached hydrogen (secondary N) is 1. The highest BCUT2D eigenvalue weighted by Crippen LogP contribution is 2.16. The molecule has 6 nitrogen and oxygen atoms in total. The molecule has 0 radical (unpaired) electrons. The van der Waals surface area contributed by atoms with E-state index in [1.807, 2.05) is 6.92 Å². The van der Waals surface area contributed by atoms with Crippen LogP contribution >= 0.6 is 0 Å². The number of hydrogen-bond donors (Lipinski definition) is 2. The summed E-state index contributed by atoms with van der Waals surface area (Å²) < 4.78 is 5.44. The maximum atomic E-state index is 11.8. The molecule has 20 heavy (non-hydrogen) atoms. The van der Waals surface area contributed by atoms with Crippen LogP contribution in [-0.4, -0.2) is 42.2 Å². The molecule has 1 rings (SSSR count). The van der Waals surface area contributed by atoms with Crippen LogP contribution in [0.3, 0.4) is 0 Å². The van der Waals surface area contributed by atoms with Crippen LogP contribution in [0, 0.1) is 0 Å². The summed E-state index contributed by atoms with van der Waals surface area (Å²) in [5.74, 6) is -0.175. The van der Waals surface area contributed by atoms with Crippen molar-refractivity contribution >= 4 is 17.7 Å². The normalized spacial score (nSPS) is 9.90. The van der Waals surface area contributed by atoms with Crippen molar-refractivity contribution < 1.29 is 19.4 Å². The molecule has 1 aromatic carbocycles. The van der Waals surface area contributed by atoms with E-state index in [1.165, 1.54) is 4.90 Å². The van der Waals surface area contributed by atoms with Crippen molar-refractivity contribution in [2.75, 3.05) is 25.5 Å². The molecular formula is C14H20N2O4. The number of ether oxygens (including phenoxy) is 1. The van der Waals surface area contributed by atoms with Crippen molar-refractivity contribution in [3.05, 3.63) is 24.3 Å². The fourth-order valence-electron chi connectivity index (χ4n) is 1.44. The molecule has 0 saturated carbocycles. The Kier molecular flexibility index (Phi) is 6.36. The maximum absolute atomic E-state index is 11.8. The van der Waals surface area contributed by atoms with Gasteiger partial charge in [-0.15, -0.1) is 0 Å². The van der Waals surface area contributed by atoms with Gasteiger partial charge in [-0.25, -0.2) is 4.79 Å². The van der Waals surface area contributed by atoms with Crippen LogP contribution in [0.1, 0.15) is 19.8 Å². The van der Waals surface area contributed by atoms with Gasteiger partial charge in [0.15, 0.2) is 0 Å². The van der Waals surface area contributed by atoms with E-state index in [9.17, 15) is 9.59 Å². The molecule has 2 amide bonds. The number of carbonyl (C=O) groups excluding carboxylic acids is 1. The number of amides is 2. The van der Waals surface area contributed by atoms with Crippen LogP contribution in [0.4, 0.5) is 10.5 Å². The van der Waals surface area contributed by atoms with E-state index in [4.69, 9.17) is 9.84 Å². The SMILES string of the molecule is CCCOc1ccc(NC(=O)N(C)CCC(=O)O)cc1. The fourth-order valence-corrected chi connectivity index (χ4v) is 1.44. The predicted octanol–water partition coefficient (Wildman–Crippen LogP) is 2.41. The lowest BCUT2D eigenvalue weighted by atomic mass is 10.3. The molecule has 110 valence electrons. The molecule has 0 saturated heterocycles. The number of aliphatic carboxylic acids is 1. The van der Waals surface area contributed by atoms with E-state index in [0.717, 1.165) is 12.2 Å². The van der Waals surface area contributed by atoms with Gasteiger partial charge in [-0.1, -0.05) is 6.92 Å². The van der Waals surface area contributed by atoms with E-state index in [-0.39, 0.29) is 19.0 Å². The molecule has 0 bridgehead atoms. The molecule has 2 N–H and O–H groups in total. The van der Waals surface area contributed by atoms with Gasteiger partial charge in [0.25, 0.3) is 0 Å². The second kappa shape index (κ2) is 8.04. The first-order valence-electron chi connectivity index (χ1n) is 6.49. The molecule has 0 spiro atoms. The van der Waals surface area contributed by atoms with Crippen molar-refractivity contribution in [1.82, 2.24) is 4.90 Å². The number of carbonyl (C=O) groups is 2. The van der Waals surface area contributed by atoms with Gasteiger partial charge in [-0.2, -0.15) is 0 Å². The largest absolute Gasteiger partial charge is 0.494 e. The van der Waals surface area contributed by atoms with Gasteiger partial charge in [0, 0.05) is 19.3 Å². The number of rotatable bonds is 7. The number of anilines is 1. The summed E-state index contributed by atoms with van der Waals surface area (Å²) in [6.45, 7) is 2.85. The van der Waals surface area contributed by atoms with Gasteiger partial charge in [0.05, 0.1) is 13.0 Å². The van der Waals surface area contributed by atoms with Crippen molar-refractivity contribution in [3.8, 4) is 5.75 Å². The van der Waals surface area contributed by atoms with Gasteiger partial charge in [-0.3, -0.25) is 4.79 Å². The Morgan fingerprint density at radius 3 is 2.50 bits per heavy atom. The Morgan fingerprint density at radius 1 is 1.30 bits per heavy atom. The summed E-state index contributed by atoms with van der Waals surface area (Å²) >= 11 is 0. The average molecular weight is 280 g/mol. The van der Waals surface area contributed by atoms with Gasteiger partial charge in [0.2, 0.25) is 0 Å². The average Bonchev–Trinajstić information content (AvgIpc) is 2.43. The van der Waals surface area contributed by atoms with E-state index >= 15 is 0 Å². The van der Waals surface area contributed by atoms with E-state index in [2.05, 4.69) is 5.32 Å². The summed E-state index contributed by atoms with van der Waals surface area (Å²) in [6, 6.07) is 6.71. The van der Waals surface area contributed by atoms with Crippen molar-refractivity contribution in [2.24, 2.45) is 0 Å². The van der Waals surface area contributed by atoms with Gasteiger partial charge < -0.3 is 20.1 Å². The smallest absolute Gasteiger partial charge is 0.321 e. The minimum Gasteiger partial charge on any atom is -0.494 e. The van der Waals surface area contributed by atoms with Crippen LogP contribution in [0.5, 0.6) is 5.75 Å². The second-order valence-electron chi connectivity index (χ2n) is 4.37. The molecule has 0 heterocycles. The van der Waals surface area contributed by atoms with Crippen LogP contribution in [0.25, 0.3) is 0 Å². The quantitative estimate of drug-likeness (QED) is 0.804. The van der Waals surface area contributed by atoms with Gasteiger partial charge in [0.1, 0.15) is 5.75 Å².